The maximum atomic E-state index is 11.1. The SMILES string of the molecule is CCCCC/C=C/CCCNC(=O)/C=C/C(=O)O. The fourth-order valence-corrected chi connectivity index (χ4v) is 1.39. The molecule has 0 radical (unpaired) electrons. The Morgan fingerprint density at radius 1 is 1.06 bits per heavy atom. The van der Waals surface area contributed by atoms with Gasteiger partial charge >= 0.3 is 5.97 Å². The molecule has 0 atom stereocenters. The monoisotopic (exact) mass is 253 g/mol. The molecule has 0 aliphatic heterocycles. The Bertz CT molecular complexity index is 295. The summed E-state index contributed by atoms with van der Waals surface area (Å²) < 4.78 is 0. The number of carboxylic acids is 1. The first kappa shape index (κ1) is 16.4. The molecule has 102 valence electrons. The van der Waals surface area contributed by atoms with Gasteiger partial charge in [-0.05, 0) is 25.7 Å². The Hall–Kier alpha value is -1.58. The molecule has 0 aliphatic rings. The first-order chi connectivity index (χ1) is 8.66. The first-order valence-corrected chi connectivity index (χ1v) is 6.50. The van der Waals surface area contributed by atoms with Crippen molar-refractivity contribution in [1.29, 1.82) is 0 Å². The number of rotatable bonds is 10. The molecule has 0 unspecified atom stereocenters. The topological polar surface area (TPSA) is 66.4 Å². The van der Waals surface area contributed by atoms with Crippen LogP contribution in [0.3, 0.4) is 0 Å². The highest BCUT2D eigenvalue weighted by atomic mass is 16.4. The lowest BCUT2D eigenvalue weighted by molar-refractivity contribution is -0.131. The van der Waals surface area contributed by atoms with Gasteiger partial charge in [0.25, 0.3) is 0 Å². The summed E-state index contributed by atoms with van der Waals surface area (Å²) in [6.45, 7) is 2.76. The van der Waals surface area contributed by atoms with Crippen molar-refractivity contribution in [2.45, 2.75) is 45.4 Å². The van der Waals surface area contributed by atoms with Gasteiger partial charge in [-0.2, -0.15) is 0 Å². The van der Waals surface area contributed by atoms with Gasteiger partial charge < -0.3 is 10.4 Å². The third-order valence-electron chi connectivity index (χ3n) is 2.37. The third-order valence-corrected chi connectivity index (χ3v) is 2.37. The lowest BCUT2D eigenvalue weighted by Crippen LogP contribution is -2.22. The Kier molecular flexibility index (Phi) is 10.8. The second-order valence-corrected chi connectivity index (χ2v) is 4.07. The van der Waals surface area contributed by atoms with Crippen molar-refractivity contribution in [1.82, 2.24) is 5.32 Å². The average Bonchev–Trinajstić information content (AvgIpc) is 2.34. The number of carbonyl (C=O) groups is 2. The Morgan fingerprint density at radius 2 is 1.72 bits per heavy atom. The van der Waals surface area contributed by atoms with Crippen LogP contribution in [-0.2, 0) is 9.59 Å². The van der Waals surface area contributed by atoms with Crippen molar-refractivity contribution in [2.75, 3.05) is 6.54 Å². The molecule has 0 bridgehead atoms. The van der Waals surface area contributed by atoms with Crippen LogP contribution in [0.5, 0.6) is 0 Å². The minimum Gasteiger partial charge on any atom is -0.478 e. The zero-order valence-corrected chi connectivity index (χ0v) is 11.0. The summed E-state index contributed by atoms with van der Waals surface area (Å²) in [7, 11) is 0. The molecule has 0 rings (SSSR count). The molecule has 0 fully saturated rings. The van der Waals surface area contributed by atoms with Crippen LogP contribution in [0.15, 0.2) is 24.3 Å². The number of carboxylic acid groups (broad SMARTS) is 1. The summed E-state index contributed by atoms with van der Waals surface area (Å²) in [5, 5.41) is 10.9. The third kappa shape index (κ3) is 12.5. The standard InChI is InChI=1S/C14H23NO3/c1-2-3-4-5-6-7-8-9-12-15-13(16)10-11-14(17)18/h6-7,10-11H,2-5,8-9,12H2,1H3,(H,15,16)(H,17,18)/b7-6+,11-10+. The number of hydrogen-bond donors (Lipinski definition) is 2. The van der Waals surface area contributed by atoms with Crippen molar-refractivity contribution < 1.29 is 14.7 Å². The van der Waals surface area contributed by atoms with Crippen LogP contribution in [0.1, 0.15) is 45.4 Å². The van der Waals surface area contributed by atoms with Crippen LogP contribution in [-0.4, -0.2) is 23.5 Å². The van der Waals surface area contributed by atoms with Gasteiger partial charge in [-0.3, -0.25) is 4.79 Å². The Labute approximate surface area is 109 Å². The molecule has 18 heavy (non-hydrogen) atoms. The minimum absolute atomic E-state index is 0.357. The molecule has 2 N–H and O–H groups in total. The summed E-state index contributed by atoms with van der Waals surface area (Å²) >= 11 is 0. The molecule has 0 spiro atoms. The predicted octanol–water partition coefficient (Wildman–Crippen LogP) is 2.66. The van der Waals surface area contributed by atoms with Gasteiger partial charge in [0.1, 0.15) is 0 Å². The molecular weight excluding hydrogens is 230 g/mol. The summed E-state index contributed by atoms with van der Waals surface area (Å²) in [5.74, 6) is -1.47. The van der Waals surface area contributed by atoms with Crippen molar-refractivity contribution in [3.8, 4) is 0 Å². The first-order valence-electron chi connectivity index (χ1n) is 6.50. The van der Waals surface area contributed by atoms with E-state index in [1.54, 1.807) is 0 Å². The van der Waals surface area contributed by atoms with Crippen molar-refractivity contribution in [3.63, 3.8) is 0 Å². The summed E-state index contributed by atoms with van der Waals surface area (Å²) in [4.78, 5) is 21.2. The molecule has 4 nitrogen and oxygen atoms in total. The fourth-order valence-electron chi connectivity index (χ4n) is 1.39. The van der Waals surface area contributed by atoms with E-state index < -0.39 is 5.97 Å². The lowest BCUT2D eigenvalue weighted by Gasteiger charge is -1.99. The lowest BCUT2D eigenvalue weighted by atomic mass is 10.2. The van der Waals surface area contributed by atoms with E-state index in [4.69, 9.17) is 5.11 Å². The van der Waals surface area contributed by atoms with Crippen molar-refractivity contribution >= 4 is 11.9 Å². The van der Waals surface area contributed by atoms with E-state index in [1.165, 1.54) is 19.3 Å². The van der Waals surface area contributed by atoms with Gasteiger partial charge in [-0.15, -0.1) is 0 Å². The molecular formula is C14H23NO3. The molecule has 4 heteroatoms. The number of carbonyl (C=O) groups excluding carboxylic acids is 1. The van der Waals surface area contributed by atoms with Crippen molar-refractivity contribution in [2.24, 2.45) is 0 Å². The number of allylic oxidation sites excluding steroid dienone is 2. The summed E-state index contributed by atoms with van der Waals surface area (Å²) in [5.41, 5.74) is 0. The van der Waals surface area contributed by atoms with Gasteiger partial charge in [0.05, 0.1) is 0 Å². The molecule has 0 saturated carbocycles. The van der Waals surface area contributed by atoms with E-state index >= 15 is 0 Å². The van der Waals surface area contributed by atoms with E-state index in [9.17, 15) is 9.59 Å². The Balaban J connectivity index is 3.39. The van der Waals surface area contributed by atoms with Gasteiger partial charge in [0.2, 0.25) is 5.91 Å². The maximum absolute atomic E-state index is 11.1. The van der Waals surface area contributed by atoms with Gasteiger partial charge in [-0.25, -0.2) is 4.79 Å². The normalized spacial score (nSPS) is 11.2. The summed E-state index contributed by atoms with van der Waals surface area (Å²) in [6.07, 6.45) is 12.9. The van der Waals surface area contributed by atoms with Crippen LogP contribution >= 0.6 is 0 Å². The number of hydrogen-bond acceptors (Lipinski definition) is 2. The van der Waals surface area contributed by atoms with Crippen LogP contribution in [0.2, 0.25) is 0 Å². The molecule has 1 amide bonds. The second kappa shape index (κ2) is 11.9. The highest BCUT2D eigenvalue weighted by Crippen LogP contribution is 2.00. The van der Waals surface area contributed by atoms with Crippen LogP contribution in [0.25, 0.3) is 0 Å². The zero-order valence-electron chi connectivity index (χ0n) is 11.0. The molecule has 0 aromatic heterocycles. The molecule has 0 aromatic rings. The molecule has 0 aliphatic carbocycles. The zero-order chi connectivity index (χ0) is 13.6. The molecule has 0 saturated heterocycles. The average molecular weight is 253 g/mol. The summed E-state index contributed by atoms with van der Waals surface area (Å²) in [6, 6.07) is 0. The predicted molar refractivity (Wildman–Crippen MR) is 72.3 cm³/mol. The van der Waals surface area contributed by atoms with Gasteiger partial charge in [-0.1, -0.05) is 31.9 Å². The van der Waals surface area contributed by atoms with Gasteiger partial charge in [0.15, 0.2) is 0 Å². The number of nitrogens with one attached hydrogen (secondary N) is 1. The maximum Gasteiger partial charge on any atom is 0.328 e. The van der Waals surface area contributed by atoms with E-state index in [2.05, 4.69) is 24.4 Å². The van der Waals surface area contributed by atoms with Crippen molar-refractivity contribution in [3.05, 3.63) is 24.3 Å². The van der Waals surface area contributed by atoms with Gasteiger partial charge in [0, 0.05) is 18.7 Å². The Morgan fingerprint density at radius 3 is 2.33 bits per heavy atom. The van der Waals surface area contributed by atoms with Crippen LogP contribution in [0, 0.1) is 0 Å². The number of amides is 1. The van der Waals surface area contributed by atoms with E-state index in [-0.39, 0.29) is 5.91 Å². The number of aliphatic carboxylic acids is 1. The quantitative estimate of drug-likeness (QED) is 0.357. The smallest absolute Gasteiger partial charge is 0.328 e. The van der Waals surface area contributed by atoms with Crippen LogP contribution < -0.4 is 5.32 Å². The largest absolute Gasteiger partial charge is 0.478 e. The highest BCUT2D eigenvalue weighted by molar-refractivity contribution is 5.93. The van der Waals surface area contributed by atoms with E-state index in [1.807, 2.05) is 0 Å². The molecule has 0 aromatic carbocycles. The van der Waals surface area contributed by atoms with E-state index in [0.717, 1.165) is 31.4 Å². The highest BCUT2D eigenvalue weighted by Gasteiger charge is 1.94. The van der Waals surface area contributed by atoms with Crippen LogP contribution in [0.4, 0.5) is 0 Å². The fraction of sp³-hybridized carbons (Fsp3) is 0.571. The molecule has 0 heterocycles. The minimum atomic E-state index is -1.11. The second-order valence-electron chi connectivity index (χ2n) is 4.07. The number of unbranched alkanes of at least 4 members (excludes halogenated alkanes) is 4. The van der Waals surface area contributed by atoms with E-state index in [0.29, 0.717) is 6.54 Å².